The molecule has 1 atom stereocenters. The summed E-state index contributed by atoms with van der Waals surface area (Å²) in [4.78, 5) is 28.2. The molecule has 1 heterocycles. The first kappa shape index (κ1) is 21.3. The number of nitrogens with one attached hydrogen (secondary N) is 2. The highest BCUT2D eigenvalue weighted by Crippen LogP contribution is 2.26. The first-order chi connectivity index (χ1) is 14.5. The van der Waals surface area contributed by atoms with Gasteiger partial charge in [-0.05, 0) is 36.8 Å². The minimum absolute atomic E-state index is 0.0598. The number of ether oxygens (including phenoxy) is 1. The smallest absolute Gasteiger partial charge is 0.257 e. The van der Waals surface area contributed by atoms with Crippen molar-refractivity contribution in [3.8, 4) is 17.0 Å². The molecule has 0 aliphatic rings. The molecule has 154 valence electrons. The third-order valence-electron chi connectivity index (χ3n) is 4.34. The van der Waals surface area contributed by atoms with Crippen molar-refractivity contribution in [3.63, 3.8) is 0 Å². The van der Waals surface area contributed by atoms with Crippen molar-refractivity contribution >= 4 is 28.3 Å². The highest BCUT2D eigenvalue weighted by molar-refractivity contribution is 7.14. The van der Waals surface area contributed by atoms with Crippen LogP contribution in [0.25, 0.3) is 11.3 Å². The van der Waals surface area contributed by atoms with Gasteiger partial charge in [-0.2, -0.15) is 0 Å². The zero-order valence-corrected chi connectivity index (χ0v) is 17.7. The minimum atomic E-state index is -0.231. The van der Waals surface area contributed by atoms with Gasteiger partial charge >= 0.3 is 0 Å². The molecule has 0 radical (unpaired) electrons. The van der Waals surface area contributed by atoms with E-state index in [1.54, 1.807) is 30.3 Å². The molecule has 1 unspecified atom stereocenters. The monoisotopic (exact) mass is 421 g/mol. The molecule has 2 N–H and O–H groups in total. The van der Waals surface area contributed by atoms with Crippen molar-refractivity contribution in [1.29, 1.82) is 0 Å². The molecular weight excluding hydrogens is 398 g/mol. The number of nitrogens with zero attached hydrogens (tertiary/aromatic N) is 1. The summed E-state index contributed by atoms with van der Waals surface area (Å²) in [7, 11) is 0. The van der Waals surface area contributed by atoms with Crippen molar-refractivity contribution in [2.75, 3.05) is 11.9 Å². The van der Waals surface area contributed by atoms with Crippen LogP contribution in [0.4, 0.5) is 5.13 Å². The second kappa shape index (κ2) is 9.84. The van der Waals surface area contributed by atoms with Crippen LogP contribution < -0.4 is 15.4 Å². The molecule has 30 heavy (non-hydrogen) atoms. The molecule has 0 aliphatic heterocycles. The van der Waals surface area contributed by atoms with Gasteiger partial charge in [0.1, 0.15) is 12.4 Å². The standard InChI is InChI=1S/C23H23N3O3S/c1-4-13-29-20-11-9-19(10-12-20)22(28)26-23-25-21(14-30-23)18-7-5-17(6-8-18)15(2)24-16(3)27/h4-12,14-15H,1,13H2,2-3H3,(H,24,27)(H,25,26,28). The normalized spacial score (nSPS) is 11.4. The Morgan fingerprint density at radius 1 is 1.17 bits per heavy atom. The zero-order chi connectivity index (χ0) is 21.5. The number of amides is 2. The Hall–Kier alpha value is -3.45. The van der Waals surface area contributed by atoms with Gasteiger partial charge in [0.25, 0.3) is 5.91 Å². The average Bonchev–Trinajstić information content (AvgIpc) is 3.20. The quantitative estimate of drug-likeness (QED) is 0.511. The number of thiazole rings is 1. The maximum atomic E-state index is 12.5. The van der Waals surface area contributed by atoms with Gasteiger partial charge in [0.05, 0.1) is 11.7 Å². The van der Waals surface area contributed by atoms with Gasteiger partial charge in [-0.15, -0.1) is 11.3 Å². The minimum Gasteiger partial charge on any atom is -0.490 e. The van der Waals surface area contributed by atoms with Gasteiger partial charge < -0.3 is 10.1 Å². The molecule has 0 spiro atoms. The van der Waals surface area contributed by atoms with E-state index in [1.165, 1.54) is 18.3 Å². The van der Waals surface area contributed by atoms with Gasteiger partial charge in [0, 0.05) is 23.4 Å². The van der Waals surface area contributed by atoms with E-state index in [0.29, 0.717) is 23.1 Å². The third-order valence-corrected chi connectivity index (χ3v) is 5.09. The van der Waals surface area contributed by atoms with Crippen LogP contribution in [0.15, 0.2) is 66.6 Å². The lowest BCUT2D eigenvalue weighted by Gasteiger charge is -2.13. The lowest BCUT2D eigenvalue weighted by Crippen LogP contribution is -2.23. The predicted octanol–water partition coefficient (Wildman–Crippen LogP) is 4.82. The highest BCUT2D eigenvalue weighted by atomic mass is 32.1. The summed E-state index contributed by atoms with van der Waals surface area (Å²) < 4.78 is 5.42. The fourth-order valence-electron chi connectivity index (χ4n) is 2.82. The highest BCUT2D eigenvalue weighted by Gasteiger charge is 2.11. The molecule has 0 bridgehead atoms. The van der Waals surface area contributed by atoms with Crippen LogP contribution >= 0.6 is 11.3 Å². The van der Waals surface area contributed by atoms with Crippen LogP contribution in [0, 0.1) is 0 Å². The van der Waals surface area contributed by atoms with Crippen LogP contribution in [0.1, 0.15) is 35.8 Å². The SMILES string of the molecule is C=CCOc1ccc(C(=O)Nc2nc(-c3ccc(C(C)NC(C)=O)cc3)cs2)cc1. The van der Waals surface area contributed by atoms with E-state index in [0.717, 1.165) is 16.8 Å². The second-order valence-corrected chi connectivity index (χ2v) is 7.52. The lowest BCUT2D eigenvalue weighted by molar-refractivity contribution is -0.119. The molecule has 7 heteroatoms. The Kier molecular flexibility index (Phi) is 6.98. The summed E-state index contributed by atoms with van der Waals surface area (Å²) in [6.45, 7) is 7.46. The Bertz CT molecular complexity index is 1030. The Morgan fingerprint density at radius 3 is 2.50 bits per heavy atom. The Morgan fingerprint density at radius 2 is 1.87 bits per heavy atom. The third kappa shape index (κ3) is 5.55. The molecule has 3 aromatic rings. The van der Waals surface area contributed by atoms with Crippen molar-refractivity contribution in [2.24, 2.45) is 0 Å². The largest absolute Gasteiger partial charge is 0.490 e. The Balaban J connectivity index is 1.64. The van der Waals surface area contributed by atoms with Crippen molar-refractivity contribution in [3.05, 3.63) is 77.7 Å². The number of aromatic nitrogens is 1. The van der Waals surface area contributed by atoms with E-state index >= 15 is 0 Å². The number of carbonyl (C=O) groups is 2. The number of carbonyl (C=O) groups excluding carboxylic acids is 2. The van der Waals surface area contributed by atoms with Crippen molar-refractivity contribution < 1.29 is 14.3 Å². The van der Waals surface area contributed by atoms with Gasteiger partial charge in [0.2, 0.25) is 5.91 Å². The molecule has 6 nitrogen and oxygen atoms in total. The number of anilines is 1. The van der Waals surface area contributed by atoms with E-state index < -0.39 is 0 Å². The maximum Gasteiger partial charge on any atom is 0.257 e. The van der Waals surface area contributed by atoms with Crippen LogP contribution in [0.5, 0.6) is 5.75 Å². The fourth-order valence-corrected chi connectivity index (χ4v) is 3.54. The van der Waals surface area contributed by atoms with Crippen LogP contribution in [-0.2, 0) is 4.79 Å². The van der Waals surface area contributed by atoms with Gasteiger partial charge in [-0.25, -0.2) is 4.98 Å². The maximum absolute atomic E-state index is 12.5. The molecule has 0 fully saturated rings. The topological polar surface area (TPSA) is 80.3 Å². The fraction of sp³-hybridized carbons (Fsp3) is 0.174. The molecule has 0 aliphatic carbocycles. The van der Waals surface area contributed by atoms with E-state index in [1.807, 2.05) is 36.6 Å². The van der Waals surface area contributed by atoms with E-state index in [2.05, 4.69) is 22.2 Å². The number of rotatable bonds is 8. The summed E-state index contributed by atoms with van der Waals surface area (Å²) in [5, 5.41) is 8.11. The lowest BCUT2D eigenvalue weighted by atomic mass is 10.1. The average molecular weight is 422 g/mol. The van der Waals surface area contributed by atoms with E-state index in [9.17, 15) is 9.59 Å². The van der Waals surface area contributed by atoms with E-state index in [4.69, 9.17) is 4.74 Å². The molecule has 2 aromatic carbocycles. The summed E-state index contributed by atoms with van der Waals surface area (Å²) in [6, 6.07) is 14.7. The Labute approximate surface area is 179 Å². The number of benzene rings is 2. The van der Waals surface area contributed by atoms with E-state index in [-0.39, 0.29) is 17.9 Å². The van der Waals surface area contributed by atoms with Crippen LogP contribution in [-0.4, -0.2) is 23.4 Å². The first-order valence-electron chi connectivity index (χ1n) is 9.44. The number of hydrogen-bond donors (Lipinski definition) is 2. The molecule has 0 saturated heterocycles. The molecule has 2 amide bonds. The summed E-state index contributed by atoms with van der Waals surface area (Å²) >= 11 is 1.36. The molecule has 0 saturated carbocycles. The summed E-state index contributed by atoms with van der Waals surface area (Å²) in [5.74, 6) is 0.385. The predicted molar refractivity (Wildman–Crippen MR) is 120 cm³/mol. The summed E-state index contributed by atoms with van der Waals surface area (Å²) in [5.41, 5.74) is 3.25. The molecule has 1 aromatic heterocycles. The van der Waals surface area contributed by atoms with Gasteiger partial charge in [-0.1, -0.05) is 36.9 Å². The zero-order valence-electron chi connectivity index (χ0n) is 16.8. The van der Waals surface area contributed by atoms with Crippen LogP contribution in [0.3, 0.4) is 0 Å². The molecule has 3 rings (SSSR count). The van der Waals surface area contributed by atoms with Crippen LogP contribution in [0.2, 0.25) is 0 Å². The second-order valence-electron chi connectivity index (χ2n) is 6.66. The van der Waals surface area contributed by atoms with Gasteiger partial charge in [-0.3, -0.25) is 14.9 Å². The number of hydrogen-bond acceptors (Lipinski definition) is 5. The van der Waals surface area contributed by atoms with Gasteiger partial charge in [0.15, 0.2) is 5.13 Å². The van der Waals surface area contributed by atoms with Crippen molar-refractivity contribution in [1.82, 2.24) is 10.3 Å². The van der Waals surface area contributed by atoms with Crippen molar-refractivity contribution in [2.45, 2.75) is 19.9 Å². The molecular formula is C23H23N3O3S. The summed E-state index contributed by atoms with van der Waals surface area (Å²) in [6.07, 6.45) is 1.66. The first-order valence-corrected chi connectivity index (χ1v) is 10.3.